The molecule has 3 aromatic carbocycles. The highest BCUT2D eigenvalue weighted by molar-refractivity contribution is 7.93. The molecule has 4 rings (SSSR count). The van der Waals surface area contributed by atoms with Gasteiger partial charge >= 0.3 is 5.97 Å². The Hall–Kier alpha value is -2.64. The zero-order valence-corrected chi connectivity index (χ0v) is 16.1. The Morgan fingerprint density at radius 2 is 1.79 bits per heavy atom. The molecule has 0 aliphatic carbocycles. The van der Waals surface area contributed by atoms with E-state index in [4.69, 9.17) is 16.3 Å². The predicted octanol–water partition coefficient (Wildman–Crippen LogP) is 4.27. The number of esters is 1. The number of hydrogen-bond acceptors (Lipinski definition) is 4. The second-order valence-corrected chi connectivity index (χ2v) is 8.56. The van der Waals surface area contributed by atoms with Crippen LogP contribution >= 0.6 is 11.6 Å². The molecule has 144 valence electrons. The molecule has 0 amide bonds. The largest absolute Gasteiger partial charge is 0.461 e. The van der Waals surface area contributed by atoms with Crippen LogP contribution < -0.4 is 4.31 Å². The maximum absolute atomic E-state index is 13.7. The van der Waals surface area contributed by atoms with Gasteiger partial charge in [0.2, 0.25) is 0 Å². The summed E-state index contributed by atoms with van der Waals surface area (Å²) in [7, 11) is -3.73. The topological polar surface area (TPSA) is 63.7 Å². The molecule has 28 heavy (non-hydrogen) atoms. The minimum Gasteiger partial charge on any atom is -0.461 e. The summed E-state index contributed by atoms with van der Waals surface area (Å²) in [6, 6.07) is 14.6. The van der Waals surface area contributed by atoms with Gasteiger partial charge in [0.1, 0.15) is 12.4 Å². The van der Waals surface area contributed by atoms with E-state index in [1.54, 1.807) is 24.3 Å². The first-order chi connectivity index (χ1) is 13.4. The first kappa shape index (κ1) is 18.7. The number of nitrogens with zero attached hydrogens (tertiary/aromatic N) is 1. The standard InChI is InChI=1S/C20H15ClFNO4S/c21-15-6-3-7-16(22)14(15)12-27-19(24)10-11-23-17-8-1-4-13-5-2-9-18(20(13)17)28(23,25)26/h1-9H,10-12H2. The van der Waals surface area contributed by atoms with Gasteiger partial charge in [-0.2, -0.15) is 0 Å². The zero-order valence-electron chi connectivity index (χ0n) is 14.6. The van der Waals surface area contributed by atoms with Gasteiger partial charge in [0, 0.05) is 17.5 Å². The summed E-state index contributed by atoms with van der Waals surface area (Å²) in [5.41, 5.74) is 0.626. The highest BCUT2D eigenvalue weighted by Crippen LogP contribution is 2.41. The fourth-order valence-corrected chi connectivity index (χ4v) is 5.22. The monoisotopic (exact) mass is 419 g/mol. The highest BCUT2D eigenvalue weighted by Gasteiger charge is 2.35. The Kier molecular flexibility index (Phi) is 4.72. The third-order valence-electron chi connectivity index (χ3n) is 4.64. The molecular formula is C20H15ClFNO4S. The van der Waals surface area contributed by atoms with Crippen LogP contribution in [0.5, 0.6) is 0 Å². The normalized spacial score (nSPS) is 14.4. The smallest absolute Gasteiger partial charge is 0.307 e. The number of ether oxygens (including phenoxy) is 1. The molecule has 0 bridgehead atoms. The summed E-state index contributed by atoms with van der Waals surface area (Å²) >= 11 is 5.91. The van der Waals surface area contributed by atoms with Gasteiger partial charge in [0.05, 0.1) is 22.0 Å². The van der Waals surface area contributed by atoms with Crippen LogP contribution in [-0.4, -0.2) is 20.9 Å². The van der Waals surface area contributed by atoms with E-state index in [9.17, 15) is 17.6 Å². The van der Waals surface area contributed by atoms with Gasteiger partial charge in [-0.1, -0.05) is 41.9 Å². The lowest BCUT2D eigenvalue weighted by Crippen LogP contribution is -2.29. The predicted molar refractivity (Wildman–Crippen MR) is 104 cm³/mol. The molecule has 0 unspecified atom stereocenters. The van der Waals surface area contributed by atoms with Gasteiger partial charge in [-0.25, -0.2) is 12.8 Å². The van der Waals surface area contributed by atoms with Crippen molar-refractivity contribution in [3.8, 4) is 0 Å². The molecule has 1 heterocycles. The first-order valence-electron chi connectivity index (χ1n) is 8.52. The van der Waals surface area contributed by atoms with Gasteiger partial charge in [0.25, 0.3) is 10.0 Å². The van der Waals surface area contributed by atoms with E-state index in [2.05, 4.69) is 0 Å². The molecule has 0 radical (unpaired) electrons. The van der Waals surface area contributed by atoms with E-state index >= 15 is 0 Å². The molecule has 5 nitrogen and oxygen atoms in total. The number of benzene rings is 3. The SMILES string of the molecule is O=C(CCN1c2cccc3cccc(c23)S1(=O)=O)OCc1c(F)cccc1Cl. The molecule has 0 saturated heterocycles. The van der Waals surface area contributed by atoms with E-state index in [0.29, 0.717) is 11.1 Å². The Morgan fingerprint density at radius 3 is 2.54 bits per heavy atom. The third-order valence-corrected chi connectivity index (χ3v) is 6.85. The van der Waals surface area contributed by atoms with Crippen molar-refractivity contribution in [3.63, 3.8) is 0 Å². The molecule has 0 fully saturated rings. The Morgan fingerprint density at radius 1 is 1.07 bits per heavy atom. The minimum absolute atomic E-state index is 0.0695. The fourth-order valence-electron chi connectivity index (χ4n) is 3.29. The molecule has 0 atom stereocenters. The summed E-state index contributed by atoms with van der Waals surface area (Å²) in [6.45, 7) is -0.382. The number of rotatable bonds is 5. The van der Waals surface area contributed by atoms with Gasteiger partial charge in [-0.05, 0) is 29.7 Å². The van der Waals surface area contributed by atoms with Crippen molar-refractivity contribution in [2.75, 3.05) is 10.8 Å². The van der Waals surface area contributed by atoms with Gasteiger partial charge in [-0.15, -0.1) is 0 Å². The van der Waals surface area contributed by atoms with Crippen molar-refractivity contribution in [1.82, 2.24) is 0 Å². The summed E-state index contributed by atoms with van der Waals surface area (Å²) in [4.78, 5) is 12.3. The Labute approximate surface area is 166 Å². The zero-order chi connectivity index (χ0) is 19.9. The van der Waals surface area contributed by atoms with Crippen LogP contribution in [0.25, 0.3) is 10.8 Å². The van der Waals surface area contributed by atoms with Crippen molar-refractivity contribution < 1.29 is 22.3 Å². The van der Waals surface area contributed by atoms with Crippen LogP contribution in [-0.2, 0) is 26.2 Å². The summed E-state index contributed by atoms with van der Waals surface area (Å²) in [5, 5.41) is 1.63. The lowest BCUT2D eigenvalue weighted by molar-refractivity contribution is -0.144. The number of carbonyl (C=O) groups is 1. The van der Waals surface area contributed by atoms with Gasteiger partial charge in [0.15, 0.2) is 0 Å². The van der Waals surface area contributed by atoms with Gasteiger partial charge < -0.3 is 4.74 Å². The van der Waals surface area contributed by atoms with Crippen LogP contribution in [0.3, 0.4) is 0 Å². The average molecular weight is 420 g/mol. The fraction of sp³-hybridized carbons (Fsp3) is 0.150. The van der Waals surface area contributed by atoms with Crippen LogP contribution in [0, 0.1) is 5.82 Å². The van der Waals surface area contributed by atoms with Crippen molar-refractivity contribution in [2.24, 2.45) is 0 Å². The molecule has 0 N–H and O–H groups in total. The van der Waals surface area contributed by atoms with Crippen molar-refractivity contribution in [3.05, 3.63) is 71.0 Å². The minimum atomic E-state index is -3.73. The second-order valence-electron chi connectivity index (χ2n) is 6.32. The van der Waals surface area contributed by atoms with E-state index in [1.165, 1.54) is 22.5 Å². The molecule has 3 aromatic rings. The maximum atomic E-state index is 13.7. The molecule has 1 aliphatic heterocycles. The van der Waals surface area contributed by atoms with Crippen LogP contribution in [0.1, 0.15) is 12.0 Å². The van der Waals surface area contributed by atoms with Crippen LogP contribution in [0.2, 0.25) is 5.02 Å². The lowest BCUT2D eigenvalue weighted by atomic mass is 10.1. The molecule has 0 spiro atoms. The van der Waals surface area contributed by atoms with E-state index in [-0.39, 0.29) is 35.1 Å². The number of halogens is 2. The summed E-state index contributed by atoms with van der Waals surface area (Å²) in [5.74, 6) is -1.21. The summed E-state index contributed by atoms with van der Waals surface area (Å²) in [6.07, 6.45) is -0.171. The molecule has 1 aliphatic rings. The van der Waals surface area contributed by atoms with Crippen molar-refractivity contribution in [2.45, 2.75) is 17.9 Å². The average Bonchev–Trinajstić information content (AvgIpc) is 2.88. The number of sulfonamides is 1. The molecule has 0 saturated carbocycles. The first-order valence-corrected chi connectivity index (χ1v) is 10.3. The van der Waals surface area contributed by atoms with Crippen LogP contribution in [0.4, 0.5) is 10.1 Å². The quantitative estimate of drug-likeness (QED) is 0.579. The van der Waals surface area contributed by atoms with Crippen molar-refractivity contribution >= 4 is 44.1 Å². The van der Waals surface area contributed by atoms with E-state index < -0.39 is 21.8 Å². The Balaban J connectivity index is 1.48. The molecule has 0 aromatic heterocycles. The maximum Gasteiger partial charge on any atom is 0.307 e. The van der Waals surface area contributed by atoms with Crippen molar-refractivity contribution in [1.29, 1.82) is 0 Å². The van der Waals surface area contributed by atoms with E-state index in [0.717, 1.165) is 5.39 Å². The van der Waals surface area contributed by atoms with E-state index in [1.807, 2.05) is 12.1 Å². The Bertz CT molecular complexity index is 1170. The molecule has 8 heteroatoms. The highest BCUT2D eigenvalue weighted by atomic mass is 35.5. The number of carbonyl (C=O) groups excluding carboxylic acids is 1. The lowest BCUT2D eigenvalue weighted by Gasteiger charge is -2.18. The van der Waals surface area contributed by atoms with Crippen LogP contribution in [0.15, 0.2) is 59.5 Å². The summed E-state index contributed by atoms with van der Waals surface area (Å²) < 4.78 is 45.7. The van der Waals surface area contributed by atoms with Gasteiger partial charge in [-0.3, -0.25) is 9.10 Å². The third kappa shape index (κ3) is 3.10. The number of hydrogen-bond donors (Lipinski definition) is 0. The molecular weight excluding hydrogens is 405 g/mol. The number of anilines is 1. The second kappa shape index (κ2) is 7.07.